The molecule has 4 heteroatoms. The summed E-state index contributed by atoms with van der Waals surface area (Å²) >= 11 is 0. The lowest BCUT2D eigenvalue weighted by atomic mass is 10.0. The predicted molar refractivity (Wildman–Crippen MR) is 76.3 cm³/mol. The maximum absolute atomic E-state index is 11.1. The Hall–Kier alpha value is -1.55. The van der Waals surface area contributed by atoms with Crippen molar-refractivity contribution in [2.75, 3.05) is 19.0 Å². The molecule has 0 saturated heterocycles. The fourth-order valence-electron chi connectivity index (χ4n) is 2.04. The molecule has 0 spiro atoms. The number of anilines is 1. The van der Waals surface area contributed by atoms with Gasteiger partial charge in [-0.1, -0.05) is 32.0 Å². The fourth-order valence-corrected chi connectivity index (χ4v) is 2.04. The van der Waals surface area contributed by atoms with Crippen molar-refractivity contribution in [3.63, 3.8) is 0 Å². The Labute approximate surface area is 114 Å². The molecular formula is C15H23NO3. The van der Waals surface area contributed by atoms with Crippen molar-refractivity contribution in [1.82, 2.24) is 0 Å². The summed E-state index contributed by atoms with van der Waals surface area (Å²) in [6, 6.07) is 6.20. The molecule has 0 aromatic heterocycles. The van der Waals surface area contributed by atoms with Crippen molar-refractivity contribution >= 4 is 11.7 Å². The van der Waals surface area contributed by atoms with Gasteiger partial charge in [-0.05, 0) is 24.0 Å². The quantitative estimate of drug-likeness (QED) is 0.742. The Kier molecular flexibility index (Phi) is 6.36. The van der Waals surface area contributed by atoms with Crippen LogP contribution in [0.1, 0.15) is 31.4 Å². The number of para-hydroxylation sites is 1. The maximum Gasteiger partial charge on any atom is 0.308 e. The predicted octanol–water partition coefficient (Wildman–Crippen LogP) is 2.15. The van der Waals surface area contributed by atoms with Gasteiger partial charge in [0.2, 0.25) is 0 Å². The molecule has 106 valence electrons. The molecule has 4 nitrogen and oxygen atoms in total. The summed E-state index contributed by atoms with van der Waals surface area (Å²) in [7, 11) is 1.32. The second kappa shape index (κ2) is 7.79. The molecule has 0 bridgehead atoms. The lowest BCUT2D eigenvalue weighted by Gasteiger charge is -2.17. The summed E-state index contributed by atoms with van der Waals surface area (Å²) in [4.78, 5) is 11.1. The Morgan fingerprint density at radius 1 is 1.32 bits per heavy atom. The van der Waals surface area contributed by atoms with Crippen molar-refractivity contribution in [3.05, 3.63) is 29.3 Å². The van der Waals surface area contributed by atoms with Crippen molar-refractivity contribution in [2.24, 2.45) is 0 Å². The number of aryl methyl sites for hydroxylation is 2. The minimum Gasteiger partial charge on any atom is -0.469 e. The average molecular weight is 265 g/mol. The molecule has 0 fully saturated rings. The standard InChI is InChI=1S/C15H23NO3/c1-4-11-7-6-8-12(5-2)15(11)16-10-13(17)9-14(18)19-3/h6-8,13,16-17H,4-5,9-10H2,1-3H3. The number of hydrogen-bond acceptors (Lipinski definition) is 4. The lowest BCUT2D eigenvalue weighted by molar-refractivity contribution is -0.142. The van der Waals surface area contributed by atoms with E-state index in [1.165, 1.54) is 18.2 Å². The molecule has 1 unspecified atom stereocenters. The first-order valence-corrected chi connectivity index (χ1v) is 6.71. The molecule has 1 rings (SSSR count). The first-order valence-electron chi connectivity index (χ1n) is 6.71. The molecule has 1 atom stereocenters. The number of aliphatic hydroxyl groups is 1. The van der Waals surface area contributed by atoms with Crippen molar-refractivity contribution in [1.29, 1.82) is 0 Å². The van der Waals surface area contributed by atoms with Gasteiger partial charge in [0.05, 0.1) is 19.6 Å². The van der Waals surface area contributed by atoms with Crippen LogP contribution in [0.4, 0.5) is 5.69 Å². The molecule has 2 N–H and O–H groups in total. The van der Waals surface area contributed by atoms with E-state index in [9.17, 15) is 9.90 Å². The van der Waals surface area contributed by atoms with E-state index in [0.717, 1.165) is 18.5 Å². The van der Waals surface area contributed by atoms with Crippen LogP contribution in [-0.2, 0) is 22.4 Å². The molecule has 0 aliphatic rings. The van der Waals surface area contributed by atoms with Crippen molar-refractivity contribution in [3.8, 4) is 0 Å². The summed E-state index contributed by atoms with van der Waals surface area (Å²) in [5.74, 6) is -0.395. The van der Waals surface area contributed by atoms with Crippen LogP contribution >= 0.6 is 0 Å². The molecular weight excluding hydrogens is 242 g/mol. The second-order valence-electron chi connectivity index (χ2n) is 4.47. The number of benzene rings is 1. The second-order valence-corrected chi connectivity index (χ2v) is 4.47. The van der Waals surface area contributed by atoms with Crippen LogP contribution in [0, 0.1) is 0 Å². The van der Waals surface area contributed by atoms with Gasteiger partial charge in [0, 0.05) is 12.2 Å². The number of carbonyl (C=O) groups excluding carboxylic acids is 1. The third-order valence-electron chi connectivity index (χ3n) is 3.14. The molecule has 0 amide bonds. The highest BCUT2D eigenvalue weighted by molar-refractivity contribution is 5.69. The third kappa shape index (κ3) is 4.56. The van der Waals surface area contributed by atoms with Crippen LogP contribution in [0.25, 0.3) is 0 Å². The highest BCUT2D eigenvalue weighted by Crippen LogP contribution is 2.22. The van der Waals surface area contributed by atoms with Gasteiger partial charge >= 0.3 is 5.97 Å². The largest absolute Gasteiger partial charge is 0.469 e. The van der Waals surface area contributed by atoms with Gasteiger partial charge < -0.3 is 15.2 Å². The maximum atomic E-state index is 11.1. The number of esters is 1. The third-order valence-corrected chi connectivity index (χ3v) is 3.14. The summed E-state index contributed by atoms with van der Waals surface area (Å²) in [6.07, 6.45) is 1.15. The van der Waals surface area contributed by atoms with E-state index < -0.39 is 12.1 Å². The van der Waals surface area contributed by atoms with E-state index in [4.69, 9.17) is 0 Å². The SMILES string of the molecule is CCc1cccc(CC)c1NCC(O)CC(=O)OC. The highest BCUT2D eigenvalue weighted by atomic mass is 16.5. The van der Waals surface area contributed by atoms with Gasteiger partial charge in [-0.15, -0.1) is 0 Å². The first-order chi connectivity index (χ1) is 9.12. The van der Waals surface area contributed by atoms with Crippen molar-refractivity contribution < 1.29 is 14.6 Å². The molecule has 1 aromatic carbocycles. The Balaban J connectivity index is 2.68. The minimum absolute atomic E-state index is 0.0131. The zero-order chi connectivity index (χ0) is 14.3. The van der Waals surface area contributed by atoms with E-state index >= 15 is 0 Å². The van der Waals surface area contributed by atoms with Gasteiger partial charge in [-0.3, -0.25) is 4.79 Å². The van der Waals surface area contributed by atoms with Crippen LogP contribution < -0.4 is 5.32 Å². The molecule has 1 aromatic rings. The first kappa shape index (κ1) is 15.5. The zero-order valence-electron chi connectivity index (χ0n) is 11.9. The lowest BCUT2D eigenvalue weighted by Crippen LogP contribution is -2.24. The monoisotopic (exact) mass is 265 g/mol. The van der Waals surface area contributed by atoms with Crippen LogP contribution in [0.3, 0.4) is 0 Å². The number of ether oxygens (including phenoxy) is 1. The van der Waals surface area contributed by atoms with Gasteiger partial charge in [0.1, 0.15) is 0 Å². The molecule has 0 saturated carbocycles. The fraction of sp³-hybridized carbons (Fsp3) is 0.533. The number of nitrogens with one attached hydrogen (secondary N) is 1. The number of aliphatic hydroxyl groups excluding tert-OH is 1. The van der Waals surface area contributed by atoms with Crippen molar-refractivity contribution in [2.45, 2.75) is 39.2 Å². The van der Waals surface area contributed by atoms with E-state index in [0.29, 0.717) is 6.54 Å². The van der Waals surface area contributed by atoms with Crippen LogP contribution in [0.2, 0.25) is 0 Å². The summed E-state index contributed by atoms with van der Waals surface area (Å²) < 4.78 is 4.54. The van der Waals surface area contributed by atoms with E-state index in [2.05, 4.69) is 36.0 Å². The summed E-state index contributed by atoms with van der Waals surface area (Å²) in [5.41, 5.74) is 3.53. The molecule has 0 radical (unpaired) electrons. The van der Waals surface area contributed by atoms with E-state index in [-0.39, 0.29) is 6.42 Å². The smallest absolute Gasteiger partial charge is 0.308 e. The number of hydrogen-bond donors (Lipinski definition) is 2. The molecule has 0 aliphatic heterocycles. The molecule has 19 heavy (non-hydrogen) atoms. The highest BCUT2D eigenvalue weighted by Gasteiger charge is 2.12. The molecule has 0 heterocycles. The number of rotatable bonds is 7. The zero-order valence-corrected chi connectivity index (χ0v) is 11.9. The molecule has 0 aliphatic carbocycles. The van der Waals surface area contributed by atoms with E-state index in [1.54, 1.807) is 0 Å². The number of carbonyl (C=O) groups is 1. The van der Waals surface area contributed by atoms with Gasteiger partial charge in [0.25, 0.3) is 0 Å². The van der Waals surface area contributed by atoms with Crippen LogP contribution in [0.5, 0.6) is 0 Å². The normalized spacial score (nSPS) is 12.0. The average Bonchev–Trinajstić information content (AvgIpc) is 2.44. The summed E-state index contributed by atoms with van der Waals surface area (Å²) in [5, 5.41) is 13.0. The van der Waals surface area contributed by atoms with Gasteiger partial charge in [-0.25, -0.2) is 0 Å². The Morgan fingerprint density at radius 3 is 2.37 bits per heavy atom. The van der Waals surface area contributed by atoms with Crippen LogP contribution in [0.15, 0.2) is 18.2 Å². The van der Waals surface area contributed by atoms with Gasteiger partial charge in [-0.2, -0.15) is 0 Å². The summed E-state index contributed by atoms with van der Waals surface area (Å²) in [6.45, 7) is 4.55. The van der Waals surface area contributed by atoms with Crippen LogP contribution in [-0.4, -0.2) is 30.8 Å². The Bertz CT molecular complexity index is 396. The van der Waals surface area contributed by atoms with Gasteiger partial charge in [0.15, 0.2) is 0 Å². The minimum atomic E-state index is -0.734. The topological polar surface area (TPSA) is 58.6 Å². The van der Waals surface area contributed by atoms with E-state index in [1.807, 2.05) is 6.07 Å². The Morgan fingerprint density at radius 2 is 1.89 bits per heavy atom. The number of methoxy groups -OCH3 is 1.